The van der Waals surface area contributed by atoms with Gasteiger partial charge < -0.3 is 15.2 Å². The van der Waals surface area contributed by atoms with E-state index in [0.717, 1.165) is 0 Å². The number of halogens is 2. The van der Waals surface area contributed by atoms with Crippen LogP contribution in [0.2, 0.25) is 0 Å². The number of rotatable bonds is 6. The Bertz CT molecular complexity index is 421. The van der Waals surface area contributed by atoms with Crippen LogP contribution in [0.1, 0.15) is 5.56 Å². The SMILES string of the molecule is N#Cc1ccc(NCCOCCO)c(F)c1Br. The molecule has 0 aromatic heterocycles. The molecular formula is C11H12BrFN2O2. The van der Waals surface area contributed by atoms with Crippen LogP contribution in [-0.4, -0.2) is 31.5 Å². The molecule has 0 fully saturated rings. The molecule has 0 saturated heterocycles. The highest BCUT2D eigenvalue weighted by atomic mass is 79.9. The third-order valence-electron chi connectivity index (χ3n) is 2.00. The van der Waals surface area contributed by atoms with Gasteiger partial charge in [-0.05, 0) is 28.1 Å². The summed E-state index contributed by atoms with van der Waals surface area (Å²) >= 11 is 3.02. The smallest absolute Gasteiger partial charge is 0.161 e. The average Bonchev–Trinajstić information content (AvgIpc) is 2.34. The topological polar surface area (TPSA) is 65.3 Å². The molecule has 0 amide bonds. The minimum atomic E-state index is -0.494. The molecule has 6 heteroatoms. The summed E-state index contributed by atoms with van der Waals surface area (Å²) in [5.74, 6) is -0.494. The monoisotopic (exact) mass is 302 g/mol. The lowest BCUT2D eigenvalue weighted by molar-refractivity contribution is 0.0992. The van der Waals surface area contributed by atoms with Gasteiger partial charge in [0.2, 0.25) is 0 Å². The number of anilines is 1. The molecular weight excluding hydrogens is 291 g/mol. The molecule has 0 aliphatic carbocycles. The van der Waals surface area contributed by atoms with Gasteiger partial charge in [0, 0.05) is 6.54 Å². The number of aliphatic hydroxyl groups is 1. The van der Waals surface area contributed by atoms with Crippen molar-refractivity contribution in [1.82, 2.24) is 0 Å². The van der Waals surface area contributed by atoms with Crippen molar-refractivity contribution in [3.63, 3.8) is 0 Å². The Morgan fingerprint density at radius 1 is 1.47 bits per heavy atom. The lowest BCUT2D eigenvalue weighted by Crippen LogP contribution is -2.12. The molecule has 4 nitrogen and oxygen atoms in total. The van der Waals surface area contributed by atoms with Crippen molar-refractivity contribution in [2.75, 3.05) is 31.7 Å². The summed E-state index contributed by atoms with van der Waals surface area (Å²) in [6, 6.07) is 4.92. The first-order valence-electron chi connectivity index (χ1n) is 5.01. The third-order valence-corrected chi connectivity index (χ3v) is 2.78. The van der Waals surface area contributed by atoms with Gasteiger partial charge in [0.1, 0.15) is 6.07 Å². The zero-order valence-corrected chi connectivity index (χ0v) is 10.6. The molecule has 0 bridgehead atoms. The zero-order valence-electron chi connectivity index (χ0n) is 9.04. The van der Waals surface area contributed by atoms with Crippen LogP contribution in [0.4, 0.5) is 10.1 Å². The highest BCUT2D eigenvalue weighted by Crippen LogP contribution is 2.26. The number of aliphatic hydroxyl groups excluding tert-OH is 1. The second kappa shape index (κ2) is 7.22. The Morgan fingerprint density at radius 2 is 2.24 bits per heavy atom. The van der Waals surface area contributed by atoms with E-state index in [4.69, 9.17) is 15.1 Å². The van der Waals surface area contributed by atoms with Crippen LogP contribution in [0.3, 0.4) is 0 Å². The predicted octanol–water partition coefficient (Wildman–Crippen LogP) is 1.88. The van der Waals surface area contributed by atoms with Crippen molar-refractivity contribution in [2.45, 2.75) is 0 Å². The number of nitrogens with one attached hydrogen (secondary N) is 1. The Labute approximate surface area is 107 Å². The second-order valence-electron chi connectivity index (χ2n) is 3.16. The van der Waals surface area contributed by atoms with Crippen molar-refractivity contribution in [3.05, 3.63) is 28.0 Å². The fraction of sp³-hybridized carbons (Fsp3) is 0.364. The fourth-order valence-electron chi connectivity index (χ4n) is 1.20. The summed E-state index contributed by atoms with van der Waals surface area (Å²) in [5, 5.41) is 20.0. The van der Waals surface area contributed by atoms with E-state index < -0.39 is 5.82 Å². The maximum absolute atomic E-state index is 13.7. The van der Waals surface area contributed by atoms with Crippen LogP contribution in [0.25, 0.3) is 0 Å². The number of benzene rings is 1. The normalized spacial score (nSPS) is 10.0. The maximum atomic E-state index is 13.7. The van der Waals surface area contributed by atoms with E-state index in [2.05, 4.69) is 21.2 Å². The Kier molecular flexibility index (Phi) is 5.91. The first-order valence-corrected chi connectivity index (χ1v) is 5.80. The first-order chi connectivity index (χ1) is 8.20. The molecule has 0 aliphatic heterocycles. The molecule has 0 saturated carbocycles. The van der Waals surface area contributed by atoms with Crippen molar-refractivity contribution < 1.29 is 14.2 Å². The molecule has 92 valence electrons. The summed E-state index contributed by atoms with van der Waals surface area (Å²) < 4.78 is 18.9. The summed E-state index contributed by atoms with van der Waals surface area (Å²) in [4.78, 5) is 0. The summed E-state index contributed by atoms with van der Waals surface area (Å²) in [6.45, 7) is 1.03. The molecule has 0 radical (unpaired) electrons. The predicted molar refractivity (Wildman–Crippen MR) is 65.2 cm³/mol. The standard InChI is InChI=1S/C11H12BrFN2O2/c12-10-8(7-14)1-2-9(11(10)13)15-3-5-17-6-4-16/h1-2,15-16H,3-6H2. The van der Waals surface area contributed by atoms with Crippen molar-refractivity contribution in [2.24, 2.45) is 0 Å². The van der Waals surface area contributed by atoms with Gasteiger partial charge in [-0.15, -0.1) is 0 Å². The summed E-state index contributed by atoms with van der Waals surface area (Å²) in [5.41, 5.74) is 0.563. The average molecular weight is 303 g/mol. The van der Waals surface area contributed by atoms with E-state index in [1.54, 1.807) is 0 Å². The summed E-state index contributed by atoms with van der Waals surface area (Å²) in [7, 11) is 0. The van der Waals surface area contributed by atoms with Crippen molar-refractivity contribution in [3.8, 4) is 6.07 Å². The molecule has 1 rings (SSSR count). The van der Waals surface area contributed by atoms with E-state index >= 15 is 0 Å². The Hall–Kier alpha value is -1.16. The third kappa shape index (κ3) is 3.97. The summed E-state index contributed by atoms with van der Waals surface area (Å²) in [6.07, 6.45) is 0. The number of hydrogen-bond acceptors (Lipinski definition) is 4. The van der Waals surface area contributed by atoms with Crippen LogP contribution < -0.4 is 5.32 Å². The minimum absolute atomic E-state index is 0.0310. The zero-order chi connectivity index (χ0) is 12.7. The Balaban J connectivity index is 2.55. The number of nitrogens with zero attached hydrogens (tertiary/aromatic N) is 1. The highest BCUT2D eigenvalue weighted by Gasteiger charge is 2.10. The van der Waals surface area contributed by atoms with Gasteiger partial charge in [-0.2, -0.15) is 5.26 Å². The fourth-order valence-corrected chi connectivity index (χ4v) is 1.63. The quantitative estimate of drug-likeness (QED) is 0.788. The van der Waals surface area contributed by atoms with Gasteiger partial charge in [0.25, 0.3) is 0 Å². The molecule has 0 heterocycles. The van der Waals surface area contributed by atoms with Gasteiger partial charge in [-0.3, -0.25) is 0 Å². The molecule has 2 N–H and O–H groups in total. The van der Waals surface area contributed by atoms with E-state index in [1.165, 1.54) is 12.1 Å². The van der Waals surface area contributed by atoms with Gasteiger partial charge in [0.05, 0.1) is 35.5 Å². The molecule has 1 aromatic carbocycles. The molecule has 0 atom stereocenters. The molecule has 0 unspecified atom stereocenters. The van der Waals surface area contributed by atoms with Crippen LogP contribution >= 0.6 is 15.9 Å². The number of nitriles is 1. The lowest BCUT2D eigenvalue weighted by atomic mass is 10.2. The number of hydrogen-bond donors (Lipinski definition) is 2. The van der Waals surface area contributed by atoms with Gasteiger partial charge in [0.15, 0.2) is 5.82 Å². The maximum Gasteiger partial charge on any atom is 0.161 e. The van der Waals surface area contributed by atoms with Crippen LogP contribution in [-0.2, 0) is 4.74 Å². The first kappa shape index (κ1) is 13.9. The van der Waals surface area contributed by atoms with E-state index in [9.17, 15) is 4.39 Å². The van der Waals surface area contributed by atoms with E-state index in [0.29, 0.717) is 18.8 Å². The molecule has 17 heavy (non-hydrogen) atoms. The van der Waals surface area contributed by atoms with Crippen LogP contribution in [0.5, 0.6) is 0 Å². The van der Waals surface area contributed by atoms with Gasteiger partial charge >= 0.3 is 0 Å². The molecule has 0 aliphatic rings. The van der Waals surface area contributed by atoms with Crippen molar-refractivity contribution in [1.29, 1.82) is 5.26 Å². The Morgan fingerprint density at radius 3 is 2.88 bits per heavy atom. The van der Waals surface area contributed by atoms with Crippen LogP contribution in [0.15, 0.2) is 16.6 Å². The van der Waals surface area contributed by atoms with E-state index in [-0.39, 0.29) is 23.2 Å². The largest absolute Gasteiger partial charge is 0.394 e. The lowest BCUT2D eigenvalue weighted by Gasteiger charge is -2.09. The number of ether oxygens (including phenoxy) is 1. The second-order valence-corrected chi connectivity index (χ2v) is 3.96. The van der Waals surface area contributed by atoms with Gasteiger partial charge in [-0.1, -0.05) is 0 Å². The minimum Gasteiger partial charge on any atom is -0.394 e. The van der Waals surface area contributed by atoms with Crippen molar-refractivity contribution >= 4 is 21.6 Å². The van der Waals surface area contributed by atoms with Crippen LogP contribution in [0, 0.1) is 17.1 Å². The van der Waals surface area contributed by atoms with E-state index in [1.807, 2.05) is 6.07 Å². The highest BCUT2D eigenvalue weighted by molar-refractivity contribution is 9.10. The van der Waals surface area contributed by atoms with Gasteiger partial charge in [-0.25, -0.2) is 4.39 Å². The molecule has 1 aromatic rings. The molecule has 0 spiro atoms.